The molecule has 0 aromatic heterocycles. The Labute approximate surface area is 149 Å². The number of nitrogens with zero attached hydrogens (tertiary/aromatic N) is 2. The molecule has 1 atom stereocenters. The van der Waals surface area contributed by atoms with Gasteiger partial charge in [-0.15, -0.1) is 0 Å². The largest absolute Gasteiger partial charge is 0.457 e. The zero-order chi connectivity index (χ0) is 18.4. The van der Waals surface area contributed by atoms with Crippen LogP contribution in [0.2, 0.25) is 0 Å². The summed E-state index contributed by atoms with van der Waals surface area (Å²) < 4.78 is 17.1. The molecule has 0 aliphatic heterocycles. The quantitative estimate of drug-likeness (QED) is 0.452. The lowest BCUT2D eigenvalue weighted by Gasteiger charge is -2.09. The van der Waals surface area contributed by atoms with Crippen LogP contribution in [0, 0.1) is 11.3 Å². The minimum Gasteiger partial charge on any atom is -0.457 e. The fraction of sp³-hybridized carbons (Fsp3) is 0.158. The number of ketones is 1. The predicted octanol–water partition coefficient (Wildman–Crippen LogP) is 3.37. The van der Waals surface area contributed by atoms with Crippen molar-refractivity contribution in [1.82, 2.24) is 4.90 Å². The van der Waals surface area contributed by atoms with Crippen molar-refractivity contribution in [2.24, 2.45) is 0 Å². The van der Waals surface area contributed by atoms with Gasteiger partial charge in [0.1, 0.15) is 23.1 Å². The third-order valence-electron chi connectivity index (χ3n) is 3.24. The van der Waals surface area contributed by atoms with E-state index in [1.165, 1.54) is 6.20 Å². The van der Waals surface area contributed by atoms with Gasteiger partial charge >= 0.3 is 0 Å². The number of benzene rings is 2. The number of carbonyl (C=O) groups is 1. The van der Waals surface area contributed by atoms with Gasteiger partial charge in [-0.1, -0.05) is 12.1 Å². The smallest absolute Gasteiger partial charge is 0.205 e. The molecule has 0 fully saturated rings. The summed E-state index contributed by atoms with van der Waals surface area (Å²) in [5, 5.41) is 9.16. The van der Waals surface area contributed by atoms with Crippen LogP contribution in [0.3, 0.4) is 0 Å². The second-order valence-corrected chi connectivity index (χ2v) is 6.88. The van der Waals surface area contributed by atoms with Crippen molar-refractivity contribution >= 4 is 16.6 Å². The first-order valence-corrected chi connectivity index (χ1v) is 9.01. The van der Waals surface area contributed by atoms with Crippen molar-refractivity contribution in [3.05, 3.63) is 65.9 Å². The maximum Gasteiger partial charge on any atom is 0.205 e. The Morgan fingerprint density at radius 3 is 2.40 bits per heavy atom. The molecule has 0 saturated heterocycles. The maximum atomic E-state index is 12.4. The van der Waals surface area contributed by atoms with E-state index in [9.17, 15) is 9.00 Å². The first-order valence-electron chi connectivity index (χ1n) is 7.45. The van der Waals surface area contributed by atoms with Crippen LogP contribution in [-0.2, 0) is 10.8 Å². The van der Waals surface area contributed by atoms with Gasteiger partial charge in [-0.25, -0.2) is 0 Å². The minimum atomic E-state index is -1.05. The first kappa shape index (κ1) is 18.4. The molecular weight excluding hydrogens is 336 g/mol. The Bertz CT molecular complexity index is 865. The highest BCUT2D eigenvalue weighted by atomic mass is 32.2. The van der Waals surface area contributed by atoms with Crippen LogP contribution in [-0.4, -0.2) is 35.2 Å². The second-order valence-electron chi connectivity index (χ2n) is 5.50. The van der Waals surface area contributed by atoms with Crippen molar-refractivity contribution in [2.45, 2.75) is 4.90 Å². The molecule has 0 heterocycles. The number of hydrogen-bond donors (Lipinski definition) is 0. The molecular formula is C19H18N2O3S. The molecule has 1 unspecified atom stereocenters. The summed E-state index contributed by atoms with van der Waals surface area (Å²) in [6.07, 6.45) is 3.10. The Morgan fingerprint density at radius 1 is 1.16 bits per heavy atom. The normalized spacial score (nSPS) is 12.2. The molecule has 0 aliphatic rings. The molecule has 128 valence electrons. The zero-order valence-corrected chi connectivity index (χ0v) is 15.0. The second kappa shape index (κ2) is 8.27. The standard InChI is InChI=1S/C19H18N2O3S/c1-21(2)13-15(12-20)19(22)14-5-4-6-17(11-14)24-16-7-9-18(10-8-16)25(3)23/h4-11,13H,1-3H3/b15-13+. The number of carbonyl (C=O) groups excluding carboxylic acids is 1. The molecule has 2 rings (SSSR count). The topological polar surface area (TPSA) is 70.4 Å². The van der Waals surface area contributed by atoms with E-state index in [1.54, 1.807) is 73.8 Å². The van der Waals surface area contributed by atoms with Crippen LogP contribution in [0.25, 0.3) is 0 Å². The van der Waals surface area contributed by atoms with Crippen LogP contribution in [0.1, 0.15) is 10.4 Å². The summed E-state index contributed by atoms with van der Waals surface area (Å²) in [5.41, 5.74) is 0.426. The monoisotopic (exact) mass is 354 g/mol. The van der Waals surface area contributed by atoms with Gasteiger partial charge in [0.2, 0.25) is 5.78 Å². The molecule has 0 radical (unpaired) electrons. The Morgan fingerprint density at radius 2 is 1.84 bits per heavy atom. The van der Waals surface area contributed by atoms with E-state index >= 15 is 0 Å². The number of nitriles is 1. The number of hydrogen-bond acceptors (Lipinski definition) is 5. The van der Waals surface area contributed by atoms with Crippen LogP contribution >= 0.6 is 0 Å². The number of allylic oxidation sites excluding steroid dienone is 1. The molecule has 0 N–H and O–H groups in total. The van der Waals surface area contributed by atoms with Gasteiger partial charge in [-0.2, -0.15) is 5.26 Å². The SMILES string of the molecule is CN(C)/C=C(\C#N)C(=O)c1cccc(Oc2ccc(S(C)=O)cc2)c1. The van der Waals surface area contributed by atoms with Gasteiger partial charge in [-0.3, -0.25) is 9.00 Å². The summed E-state index contributed by atoms with van der Waals surface area (Å²) in [4.78, 5) is 14.8. The average molecular weight is 354 g/mol. The molecule has 25 heavy (non-hydrogen) atoms. The molecule has 2 aromatic rings. The van der Waals surface area contributed by atoms with Crippen molar-refractivity contribution < 1.29 is 13.7 Å². The molecule has 6 heteroatoms. The average Bonchev–Trinajstić information content (AvgIpc) is 2.59. The highest BCUT2D eigenvalue weighted by Gasteiger charge is 2.13. The van der Waals surface area contributed by atoms with Crippen LogP contribution in [0.15, 0.2) is 65.2 Å². The van der Waals surface area contributed by atoms with E-state index in [0.717, 1.165) is 0 Å². The zero-order valence-electron chi connectivity index (χ0n) is 14.2. The van der Waals surface area contributed by atoms with Crippen LogP contribution in [0.4, 0.5) is 0 Å². The van der Waals surface area contributed by atoms with Gasteiger partial charge in [0, 0.05) is 47.8 Å². The van der Waals surface area contributed by atoms with Crippen molar-refractivity contribution in [3.63, 3.8) is 0 Å². The fourth-order valence-corrected chi connectivity index (χ4v) is 2.61. The third kappa shape index (κ3) is 5.03. The van der Waals surface area contributed by atoms with Gasteiger partial charge < -0.3 is 9.64 Å². The van der Waals surface area contributed by atoms with Gasteiger partial charge in [-0.05, 0) is 36.4 Å². The molecule has 0 spiro atoms. The molecule has 2 aromatic carbocycles. The number of rotatable bonds is 6. The summed E-state index contributed by atoms with van der Waals surface area (Å²) in [6, 6.07) is 15.5. The van der Waals surface area contributed by atoms with Gasteiger partial charge in [0.15, 0.2) is 0 Å². The van der Waals surface area contributed by atoms with Crippen LogP contribution in [0.5, 0.6) is 11.5 Å². The van der Waals surface area contributed by atoms with E-state index in [1.807, 2.05) is 6.07 Å². The lowest BCUT2D eigenvalue weighted by Crippen LogP contribution is -2.08. The van der Waals surface area contributed by atoms with E-state index in [2.05, 4.69) is 0 Å². The first-order chi connectivity index (χ1) is 11.9. The third-order valence-corrected chi connectivity index (χ3v) is 4.18. The highest BCUT2D eigenvalue weighted by molar-refractivity contribution is 7.84. The summed E-state index contributed by atoms with van der Waals surface area (Å²) in [6.45, 7) is 0. The number of Topliss-reactive ketones (excluding diaryl/α,β-unsaturated/α-hetero) is 1. The van der Waals surface area contributed by atoms with E-state index in [0.29, 0.717) is 22.0 Å². The molecule has 0 amide bonds. The van der Waals surface area contributed by atoms with Crippen molar-refractivity contribution in [1.29, 1.82) is 5.26 Å². The predicted molar refractivity (Wildman–Crippen MR) is 97.0 cm³/mol. The summed E-state index contributed by atoms with van der Waals surface area (Å²) >= 11 is 0. The Kier molecular flexibility index (Phi) is 6.09. The maximum absolute atomic E-state index is 12.4. The number of ether oxygens (including phenoxy) is 1. The summed E-state index contributed by atoms with van der Waals surface area (Å²) in [5.74, 6) is 0.694. The highest BCUT2D eigenvalue weighted by Crippen LogP contribution is 2.24. The van der Waals surface area contributed by atoms with Crippen molar-refractivity contribution in [3.8, 4) is 17.6 Å². The molecule has 0 aliphatic carbocycles. The molecule has 5 nitrogen and oxygen atoms in total. The fourth-order valence-electron chi connectivity index (χ4n) is 2.09. The van der Waals surface area contributed by atoms with Crippen LogP contribution < -0.4 is 4.74 Å². The van der Waals surface area contributed by atoms with Gasteiger partial charge in [0.05, 0.1) is 0 Å². The molecule has 0 bridgehead atoms. The Balaban J connectivity index is 2.22. The lowest BCUT2D eigenvalue weighted by atomic mass is 10.0. The van der Waals surface area contributed by atoms with E-state index in [-0.39, 0.29) is 11.4 Å². The van der Waals surface area contributed by atoms with Gasteiger partial charge in [0.25, 0.3) is 0 Å². The summed E-state index contributed by atoms with van der Waals surface area (Å²) in [7, 11) is 2.45. The van der Waals surface area contributed by atoms with Crippen molar-refractivity contribution in [2.75, 3.05) is 20.4 Å². The van der Waals surface area contributed by atoms with E-state index in [4.69, 9.17) is 10.00 Å². The Hall–Kier alpha value is -2.91. The lowest BCUT2D eigenvalue weighted by molar-refractivity contribution is 0.103. The molecule has 0 saturated carbocycles. The van der Waals surface area contributed by atoms with E-state index < -0.39 is 10.8 Å². The minimum absolute atomic E-state index is 0.0527.